The lowest BCUT2D eigenvalue weighted by molar-refractivity contribution is 0.0691. The van der Waals surface area contributed by atoms with Crippen LogP contribution in [0.1, 0.15) is 10.5 Å². The number of aromatic carboxylic acids is 1. The molecule has 72 valence electrons. The Labute approximate surface area is 78.0 Å². The van der Waals surface area contributed by atoms with E-state index in [0.29, 0.717) is 0 Å². The first kappa shape index (κ1) is 8.49. The molecule has 14 heavy (non-hydrogen) atoms. The van der Waals surface area contributed by atoms with Gasteiger partial charge in [0.25, 0.3) is 5.56 Å². The number of carboxylic acids is 1. The largest absolute Gasteiger partial charge is 0.476 e. The Morgan fingerprint density at radius 3 is 2.86 bits per heavy atom. The summed E-state index contributed by atoms with van der Waals surface area (Å²) in [6, 6.07) is 0. The monoisotopic (exact) mass is 193 g/mol. The van der Waals surface area contributed by atoms with E-state index in [-0.39, 0.29) is 16.9 Å². The number of imidazole rings is 1. The molecule has 0 bridgehead atoms. The van der Waals surface area contributed by atoms with E-state index in [2.05, 4.69) is 4.98 Å². The van der Waals surface area contributed by atoms with Gasteiger partial charge in [-0.3, -0.25) is 4.79 Å². The summed E-state index contributed by atoms with van der Waals surface area (Å²) in [5.41, 5.74) is -0.333. The number of hydrogen-bond donors (Lipinski definition) is 1. The molecule has 0 fully saturated rings. The first-order chi connectivity index (χ1) is 6.59. The highest BCUT2D eigenvalue weighted by atomic mass is 16.4. The summed E-state index contributed by atoms with van der Waals surface area (Å²) in [6.45, 7) is 0. The van der Waals surface area contributed by atoms with Crippen molar-refractivity contribution in [2.75, 3.05) is 0 Å². The number of fused-ring (bicyclic) bond motifs is 1. The van der Waals surface area contributed by atoms with Crippen molar-refractivity contribution in [3.8, 4) is 0 Å². The summed E-state index contributed by atoms with van der Waals surface area (Å²) in [7, 11) is 1.58. The molecule has 0 saturated heterocycles. The molecule has 2 heterocycles. The van der Waals surface area contributed by atoms with Gasteiger partial charge in [-0.1, -0.05) is 0 Å². The Morgan fingerprint density at radius 1 is 1.50 bits per heavy atom. The number of rotatable bonds is 1. The van der Waals surface area contributed by atoms with Crippen molar-refractivity contribution in [3.63, 3.8) is 0 Å². The fourth-order valence-corrected chi connectivity index (χ4v) is 1.17. The highest BCUT2D eigenvalue weighted by Gasteiger charge is 2.10. The van der Waals surface area contributed by atoms with Crippen molar-refractivity contribution in [1.82, 2.24) is 14.0 Å². The van der Waals surface area contributed by atoms with Crippen LogP contribution in [0.2, 0.25) is 0 Å². The van der Waals surface area contributed by atoms with E-state index in [0.717, 1.165) is 0 Å². The molecular weight excluding hydrogens is 186 g/mol. The molecule has 1 N–H and O–H groups in total. The van der Waals surface area contributed by atoms with E-state index >= 15 is 0 Å². The molecule has 0 spiro atoms. The molecule has 0 aliphatic carbocycles. The van der Waals surface area contributed by atoms with Crippen LogP contribution in [0.4, 0.5) is 0 Å². The van der Waals surface area contributed by atoms with Crippen LogP contribution in [0.3, 0.4) is 0 Å². The third-order valence-corrected chi connectivity index (χ3v) is 1.91. The minimum Gasteiger partial charge on any atom is -0.476 e. The predicted octanol–water partition coefficient (Wildman–Crippen LogP) is -0.269. The van der Waals surface area contributed by atoms with Gasteiger partial charge in [-0.15, -0.1) is 0 Å². The first-order valence-electron chi connectivity index (χ1n) is 3.87. The molecule has 0 aliphatic heterocycles. The smallest absolute Gasteiger partial charge is 0.356 e. The van der Waals surface area contributed by atoms with Gasteiger partial charge >= 0.3 is 5.97 Å². The summed E-state index contributed by atoms with van der Waals surface area (Å²) in [5, 5.41) is 8.66. The molecule has 0 amide bonds. The Balaban J connectivity index is 2.84. The maximum atomic E-state index is 11.5. The second kappa shape index (κ2) is 2.69. The van der Waals surface area contributed by atoms with Crippen molar-refractivity contribution in [2.45, 2.75) is 0 Å². The van der Waals surface area contributed by atoms with Gasteiger partial charge in [0.15, 0.2) is 5.69 Å². The average Bonchev–Trinajstić information content (AvgIpc) is 2.56. The molecular formula is C8H7N3O3. The molecule has 0 unspecified atom stereocenters. The van der Waals surface area contributed by atoms with Crippen molar-refractivity contribution in [3.05, 3.63) is 34.6 Å². The number of aryl methyl sites for hydroxylation is 1. The highest BCUT2D eigenvalue weighted by Crippen LogP contribution is 1.99. The van der Waals surface area contributed by atoms with Crippen LogP contribution in [0.5, 0.6) is 0 Å². The summed E-state index contributed by atoms with van der Waals surface area (Å²) in [5.74, 6) is -1.14. The second-order valence-electron chi connectivity index (χ2n) is 2.88. The minimum absolute atomic E-state index is 0.118. The molecule has 0 radical (unpaired) electrons. The van der Waals surface area contributed by atoms with Crippen LogP contribution in [0, 0.1) is 0 Å². The molecule has 6 nitrogen and oxygen atoms in total. The quantitative estimate of drug-likeness (QED) is 0.676. The lowest BCUT2D eigenvalue weighted by Gasteiger charge is -1.95. The Hall–Kier alpha value is -2.11. The van der Waals surface area contributed by atoms with E-state index in [4.69, 9.17) is 5.11 Å². The van der Waals surface area contributed by atoms with E-state index in [1.165, 1.54) is 15.2 Å². The van der Waals surface area contributed by atoms with Crippen LogP contribution < -0.4 is 5.56 Å². The highest BCUT2D eigenvalue weighted by molar-refractivity contribution is 5.85. The lowest BCUT2D eigenvalue weighted by atomic mass is 10.5. The van der Waals surface area contributed by atoms with Gasteiger partial charge in [0.1, 0.15) is 0 Å². The van der Waals surface area contributed by atoms with Gasteiger partial charge in [0, 0.05) is 25.6 Å². The number of carboxylic acid groups (broad SMARTS) is 1. The first-order valence-corrected chi connectivity index (χ1v) is 3.87. The lowest BCUT2D eigenvalue weighted by Crippen LogP contribution is -2.18. The summed E-state index contributed by atoms with van der Waals surface area (Å²) in [4.78, 5) is 25.7. The van der Waals surface area contributed by atoms with Gasteiger partial charge in [-0.2, -0.15) is 0 Å². The van der Waals surface area contributed by atoms with Crippen molar-refractivity contribution >= 4 is 11.6 Å². The van der Waals surface area contributed by atoms with Crippen molar-refractivity contribution < 1.29 is 9.90 Å². The van der Waals surface area contributed by atoms with Crippen LogP contribution in [-0.4, -0.2) is 25.0 Å². The summed E-state index contributed by atoms with van der Waals surface area (Å²) >= 11 is 0. The minimum atomic E-state index is -1.14. The van der Waals surface area contributed by atoms with Crippen LogP contribution in [0.25, 0.3) is 5.65 Å². The average molecular weight is 193 g/mol. The Bertz CT molecular complexity index is 567. The van der Waals surface area contributed by atoms with E-state index in [9.17, 15) is 9.59 Å². The number of hydrogen-bond acceptors (Lipinski definition) is 3. The van der Waals surface area contributed by atoms with Gasteiger partial charge < -0.3 is 14.1 Å². The fourth-order valence-electron chi connectivity index (χ4n) is 1.17. The topological polar surface area (TPSA) is 76.6 Å². The molecule has 0 atom stereocenters. The van der Waals surface area contributed by atoms with Crippen LogP contribution in [-0.2, 0) is 7.05 Å². The zero-order chi connectivity index (χ0) is 10.3. The Kier molecular flexibility index (Phi) is 1.63. The third-order valence-electron chi connectivity index (χ3n) is 1.91. The maximum absolute atomic E-state index is 11.5. The van der Waals surface area contributed by atoms with Gasteiger partial charge in [-0.25, -0.2) is 9.78 Å². The number of nitrogens with zero attached hydrogens (tertiary/aromatic N) is 3. The van der Waals surface area contributed by atoms with Crippen molar-refractivity contribution in [1.29, 1.82) is 0 Å². The number of aromatic nitrogens is 3. The zero-order valence-corrected chi connectivity index (χ0v) is 7.34. The molecule has 0 aromatic carbocycles. The van der Waals surface area contributed by atoms with Crippen LogP contribution in [0.15, 0.2) is 23.4 Å². The third kappa shape index (κ3) is 1.08. The van der Waals surface area contributed by atoms with Gasteiger partial charge in [-0.05, 0) is 0 Å². The molecule has 0 saturated carbocycles. The van der Waals surface area contributed by atoms with Crippen LogP contribution >= 0.6 is 0 Å². The second-order valence-corrected chi connectivity index (χ2v) is 2.88. The normalized spacial score (nSPS) is 10.6. The van der Waals surface area contributed by atoms with Gasteiger partial charge in [0.05, 0.1) is 0 Å². The summed E-state index contributed by atoms with van der Waals surface area (Å²) in [6.07, 6.45) is 4.43. The molecule has 0 aliphatic rings. The van der Waals surface area contributed by atoms with Gasteiger partial charge in [0.2, 0.25) is 5.65 Å². The molecule has 6 heteroatoms. The zero-order valence-electron chi connectivity index (χ0n) is 7.34. The standard InChI is InChI=1S/C8H7N3O3/c1-10-2-3-11-4-5(8(13)14)9-6(11)7(10)12/h2-4H,1H3,(H,13,14). The van der Waals surface area contributed by atoms with E-state index in [1.54, 1.807) is 19.4 Å². The summed E-state index contributed by atoms with van der Waals surface area (Å²) < 4.78 is 2.74. The maximum Gasteiger partial charge on any atom is 0.356 e. The SMILES string of the molecule is Cn1ccn2cc(C(=O)O)nc2c1=O. The molecule has 2 aromatic heterocycles. The Morgan fingerprint density at radius 2 is 2.21 bits per heavy atom. The molecule has 2 aromatic rings. The predicted molar refractivity (Wildman–Crippen MR) is 47.4 cm³/mol. The fraction of sp³-hybridized carbons (Fsp3) is 0.125. The molecule has 2 rings (SSSR count). The van der Waals surface area contributed by atoms with E-state index < -0.39 is 5.97 Å². The van der Waals surface area contributed by atoms with Crippen molar-refractivity contribution in [2.24, 2.45) is 7.05 Å². The number of carbonyl (C=O) groups is 1. The van der Waals surface area contributed by atoms with E-state index in [1.807, 2.05) is 0 Å².